The topological polar surface area (TPSA) is 20.2 Å². The van der Waals surface area contributed by atoms with Crippen LogP contribution in [0.5, 0.6) is 0 Å². The van der Waals surface area contributed by atoms with Crippen LogP contribution in [0.3, 0.4) is 0 Å². The molecule has 0 aromatic carbocycles. The maximum absolute atomic E-state index is 8.56. The van der Waals surface area contributed by atoms with Gasteiger partial charge in [-0.2, -0.15) is 35.3 Å². The molecule has 1 aliphatic heterocycles. The summed E-state index contributed by atoms with van der Waals surface area (Å²) in [5.74, 6) is 6.07. The molecular weight excluding hydrogens is 196 g/mol. The average molecular weight is 210 g/mol. The van der Waals surface area contributed by atoms with Crippen LogP contribution < -0.4 is 0 Å². The molecule has 1 N–H and O–H groups in total. The van der Waals surface area contributed by atoms with Gasteiger partial charge >= 0.3 is 0 Å². The van der Waals surface area contributed by atoms with E-state index in [9.17, 15) is 0 Å². The van der Waals surface area contributed by atoms with E-state index in [2.05, 4.69) is 23.5 Å². The van der Waals surface area contributed by atoms with Crippen molar-refractivity contribution in [3.05, 3.63) is 0 Å². The number of aliphatic hydroxyl groups is 1. The highest BCUT2D eigenvalue weighted by molar-refractivity contribution is 8.07. The Bertz CT molecular complexity index is 93.7. The molecule has 1 saturated heterocycles. The fourth-order valence-corrected chi connectivity index (χ4v) is 4.82. The second-order valence-corrected chi connectivity index (χ2v) is 6.07. The molecule has 1 fully saturated rings. The quantitative estimate of drug-likeness (QED) is 0.710. The van der Waals surface area contributed by atoms with Crippen LogP contribution in [0.25, 0.3) is 0 Å². The van der Waals surface area contributed by atoms with E-state index in [0.717, 1.165) is 11.0 Å². The molecule has 1 unspecified atom stereocenters. The Labute approximate surface area is 81.1 Å². The van der Waals surface area contributed by atoms with Gasteiger partial charge in [0.05, 0.1) is 6.61 Å². The lowest BCUT2D eigenvalue weighted by molar-refractivity contribution is 0.322. The summed E-state index contributed by atoms with van der Waals surface area (Å²) >= 11 is 6.03. The number of aliphatic hydroxyl groups excluding tert-OH is 1. The summed E-state index contributed by atoms with van der Waals surface area (Å²) < 4.78 is 0. The normalized spacial score (nSPS) is 25.4. The summed E-state index contributed by atoms with van der Waals surface area (Å²) in [6, 6.07) is 0. The Kier molecular flexibility index (Phi) is 5.98. The van der Waals surface area contributed by atoms with E-state index >= 15 is 0 Å². The third-order valence-electron chi connectivity index (χ3n) is 1.42. The van der Waals surface area contributed by atoms with Gasteiger partial charge in [0.15, 0.2) is 0 Å². The van der Waals surface area contributed by atoms with Crippen molar-refractivity contribution in [2.24, 2.45) is 0 Å². The van der Waals surface area contributed by atoms with Crippen LogP contribution in [-0.2, 0) is 0 Å². The molecule has 0 spiro atoms. The van der Waals surface area contributed by atoms with Crippen LogP contribution in [0, 0.1) is 0 Å². The third-order valence-corrected chi connectivity index (χ3v) is 5.59. The van der Waals surface area contributed by atoms with Gasteiger partial charge < -0.3 is 5.11 Å². The number of hydrogen-bond acceptors (Lipinski definition) is 4. The maximum Gasteiger partial charge on any atom is 0.0521 e. The largest absolute Gasteiger partial charge is 0.396 e. The van der Waals surface area contributed by atoms with Gasteiger partial charge in [0.25, 0.3) is 0 Å². The zero-order valence-electron chi connectivity index (χ0n) is 6.49. The summed E-state index contributed by atoms with van der Waals surface area (Å²) in [5.41, 5.74) is 0. The summed E-state index contributed by atoms with van der Waals surface area (Å²) in [7, 11) is 0. The van der Waals surface area contributed by atoms with Crippen molar-refractivity contribution in [1.29, 1.82) is 0 Å². The predicted molar refractivity (Wildman–Crippen MR) is 58.0 cm³/mol. The van der Waals surface area contributed by atoms with Gasteiger partial charge in [0.2, 0.25) is 0 Å². The highest BCUT2D eigenvalue weighted by Crippen LogP contribution is 2.26. The number of rotatable bonds is 4. The molecule has 0 saturated carbocycles. The van der Waals surface area contributed by atoms with E-state index < -0.39 is 0 Å². The molecule has 4 heteroatoms. The zero-order valence-corrected chi connectivity index (χ0v) is 8.94. The van der Waals surface area contributed by atoms with Crippen LogP contribution in [0.1, 0.15) is 0 Å². The molecular formula is C7H14OS3. The van der Waals surface area contributed by atoms with Crippen LogP contribution in [-0.4, -0.2) is 45.7 Å². The van der Waals surface area contributed by atoms with Gasteiger partial charge in [-0.15, -0.1) is 0 Å². The SMILES string of the molecule is OCCSCC1CSCCS1. The maximum atomic E-state index is 8.56. The third kappa shape index (κ3) is 4.55. The monoisotopic (exact) mass is 210 g/mol. The van der Waals surface area contributed by atoms with Crippen LogP contribution >= 0.6 is 35.3 Å². The second-order valence-electron chi connectivity index (χ2n) is 2.37. The minimum Gasteiger partial charge on any atom is -0.396 e. The lowest BCUT2D eigenvalue weighted by Crippen LogP contribution is -2.16. The fourth-order valence-electron chi connectivity index (χ4n) is 0.912. The van der Waals surface area contributed by atoms with E-state index in [1.54, 1.807) is 0 Å². The van der Waals surface area contributed by atoms with Crippen molar-refractivity contribution in [3.63, 3.8) is 0 Å². The van der Waals surface area contributed by atoms with E-state index in [-0.39, 0.29) is 0 Å². The molecule has 0 aliphatic carbocycles. The number of hydrogen-bond donors (Lipinski definition) is 1. The van der Waals surface area contributed by atoms with Crippen molar-refractivity contribution in [2.75, 3.05) is 35.4 Å². The van der Waals surface area contributed by atoms with Gasteiger partial charge in [-0.1, -0.05) is 0 Å². The highest BCUT2D eigenvalue weighted by Gasteiger charge is 2.13. The lowest BCUT2D eigenvalue weighted by atomic mass is 10.5. The van der Waals surface area contributed by atoms with E-state index in [1.807, 2.05) is 11.8 Å². The van der Waals surface area contributed by atoms with Crippen molar-refractivity contribution in [3.8, 4) is 0 Å². The smallest absolute Gasteiger partial charge is 0.0521 e. The van der Waals surface area contributed by atoms with Gasteiger partial charge in [0.1, 0.15) is 0 Å². The van der Waals surface area contributed by atoms with Crippen LogP contribution in [0.2, 0.25) is 0 Å². The molecule has 1 atom stereocenters. The lowest BCUT2D eigenvalue weighted by Gasteiger charge is -2.19. The molecule has 11 heavy (non-hydrogen) atoms. The Morgan fingerprint density at radius 2 is 2.36 bits per heavy atom. The van der Waals surface area contributed by atoms with E-state index in [4.69, 9.17) is 5.11 Å². The molecule has 1 heterocycles. The Hall–Kier alpha value is 1.01. The summed E-state index contributed by atoms with van der Waals surface area (Å²) in [5, 5.41) is 9.40. The first-order valence-electron chi connectivity index (χ1n) is 3.81. The molecule has 0 radical (unpaired) electrons. The van der Waals surface area contributed by atoms with E-state index in [0.29, 0.717) is 6.61 Å². The first-order valence-corrected chi connectivity index (χ1v) is 7.17. The Morgan fingerprint density at radius 3 is 3.00 bits per heavy atom. The first-order chi connectivity index (χ1) is 5.43. The minimum absolute atomic E-state index is 0.329. The molecule has 0 aromatic heterocycles. The Balaban J connectivity index is 1.96. The van der Waals surface area contributed by atoms with E-state index in [1.165, 1.54) is 23.0 Å². The minimum atomic E-state index is 0.329. The van der Waals surface area contributed by atoms with Crippen LogP contribution in [0.4, 0.5) is 0 Å². The van der Waals surface area contributed by atoms with Gasteiger partial charge in [-0.25, -0.2) is 0 Å². The highest BCUT2D eigenvalue weighted by atomic mass is 32.2. The molecule has 0 amide bonds. The standard InChI is InChI=1S/C7H14OS3/c8-1-2-9-5-7-6-10-3-4-11-7/h7-8H,1-6H2. The van der Waals surface area contributed by atoms with Gasteiger partial charge in [0, 0.05) is 34.0 Å². The average Bonchev–Trinajstić information content (AvgIpc) is 2.07. The molecule has 1 rings (SSSR count). The van der Waals surface area contributed by atoms with Crippen molar-refractivity contribution >= 4 is 35.3 Å². The van der Waals surface area contributed by atoms with Crippen molar-refractivity contribution < 1.29 is 5.11 Å². The van der Waals surface area contributed by atoms with Crippen LogP contribution in [0.15, 0.2) is 0 Å². The second kappa shape index (κ2) is 6.52. The molecule has 0 bridgehead atoms. The first kappa shape index (κ1) is 10.1. The fraction of sp³-hybridized carbons (Fsp3) is 1.00. The summed E-state index contributed by atoms with van der Waals surface area (Å²) in [4.78, 5) is 0. The number of thioether (sulfide) groups is 3. The zero-order chi connectivity index (χ0) is 7.94. The van der Waals surface area contributed by atoms with Gasteiger partial charge in [-0.3, -0.25) is 0 Å². The van der Waals surface area contributed by atoms with Crippen molar-refractivity contribution in [2.45, 2.75) is 5.25 Å². The summed E-state index contributed by atoms with van der Waals surface area (Å²) in [6.07, 6.45) is 0. The summed E-state index contributed by atoms with van der Waals surface area (Å²) in [6.45, 7) is 0.329. The Morgan fingerprint density at radius 1 is 1.45 bits per heavy atom. The van der Waals surface area contributed by atoms with Gasteiger partial charge in [-0.05, 0) is 0 Å². The van der Waals surface area contributed by atoms with Crippen molar-refractivity contribution in [1.82, 2.24) is 0 Å². The molecule has 1 aliphatic rings. The molecule has 0 aromatic rings. The molecule has 1 nitrogen and oxygen atoms in total. The molecule has 66 valence electrons. The predicted octanol–water partition coefficient (Wildman–Crippen LogP) is 1.56.